The van der Waals surface area contributed by atoms with Gasteiger partial charge in [-0.25, -0.2) is 0 Å². The summed E-state index contributed by atoms with van der Waals surface area (Å²) in [5, 5.41) is 0. The average Bonchev–Trinajstić information content (AvgIpc) is 1.97. The van der Waals surface area contributed by atoms with E-state index in [4.69, 9.17) is 18.0 Å². The molecule has 0 spiro atoms. The van der Waals surface area contributed by atoms with Gasteiger partial charge in [0.2, 0.25) is 0 Å². The first-order valence-corrected chi connectivity index (χ1v) is 4.35. The van der Waals surface area contributed by atoms with Crippen molar-refractivity contribution in [1.82, 2.24) is 0 Å². The fraction of sp³-hybridized carbons (Fsp3) is 0.300. The molecule has 64 valence electrons. The molecule has 0 fully saturated rings. The Kier molecular flexibility index (Phi) is 2.82. The summed E-state index contributed by atoms with van der Waals surface area (Å²) in [5.74, 6) is 0. The first-order valence-electron chi connectivity index (χ1n) is 3.94. The molecule has 2 N–H and O–H groups in total. The van der Waals surface area contributed by atoms with Crippen molar-refractivity contribution >= 4 is 17.2 Å². The molecule has 0 amide bonds. The van der Waals surface area contributed by atoms with Crippen molar-refractivity contribution in [2.75, 3.05) is 0 Å². The van der Waals surface area contributed by atoms with Gasteiger partial charge in [-0.2, -0.15) is 0 Å². The van der Waals surface area contributed by atoms with Gasteiger partial charge in [-0.05, 0) is 30.5 Å². The van der Waals surface area contributed by atoms with Gasteiger partial charge in [-0.15, -0.1) is 0 Å². The van der Waals surface area contributed by atoms with E-state index in [2.05, 4.69) is 26.0 Å². The van der Waals surface area contributed by atoms with Gasteiger partial charge in [0, 0.05) is 6.42 Å². The quantitative estimate of drug-likeness (QED) is 0.704. The van der Waals surface area contributed by atoms with Gasteiger partial charge in [-0.3, -0.25) is 0 Å². The Morgan fingerprint density at radius 2 is 1.83 bits per heavy atom. The Bertz CT molecular complexity index is 284. The lowest BCUT2D eigenvalue weighted by Crippen LogP contribution is -2.12. The van der Waals surface area contributed by atoms with E-state index in [0.29, 0.717) is 11.4 Å². The van der Waals surface area contributed by atoms with Gasteiger partial charge in [0.05, 0.1) is 4.99 Å². The second-order valence-electron chi connectivity index (χ2n) is 3.01. The molecule has 0 aliphatic heterocycles. The number of nitrogens with two attached hydrogens (primary N) is 1. The summed E-state index contributed by atoms with van der Waals surface area (Å²) in [6, 6.07) is 6.22. The molecule has 0 heterocycles. The monoisotopic (exact) mass is 179 g/mol. The summed E-state index contributed by atoms with van der Waals surface area (Å²) in [6.07, 6.45) is 0.716. The predicted molar refractivity (Wildman–Crippen MR) is 56.4 cm³/mol. The number of rotatable bonds is 2. The van der Waals surface area contributed by atoms with Gasteiger partial charge in [0.15, 0.2) is 0 Å². The van der Waals surface area contributed by atoms with Gasteiger partial charge < -0.3 is 5.73 Å². The highest BCUT2D eigenvalue weighted by atomic mass is 32.1. The Balaban J connectivity index is 3.04. The standard InChI is InChI=1S/C10H13NS/c1-7-4-3-5-8(2)9(7)6-10(11)12/h3-5H,6H2,1-2H3,(H2,11,12). The zero-order valence-electron chi connectivity index (χ0n) is 7.42. The summed E-state index contributed by atoms with van der Waals surface area (Å²) in [4.78, 5) is 0.562. The van der Waals surface area contributed by atoms with Crippen molar-refractivity contribution in [3.63, 3.8) is 0 Å². The molecule has 0 radical (unpaired) electrons. The van der Waals surface area contributed by atoms with Crippen molar-refractivity contribution in [2.45, 2.75) is 20.3 Å². The second kappa shape index (κ2) is 3.68. The van der Waals surface area contributed by atoms with Crippen LogP contribution in [0.4, 0.5) is 0 Å². The third-order valence-electron chi connectivity index (χ3n) is 2.00. The number of hydrogen-bond donors (Lipinski definition) is 1. The SMILES string of the molecule is Cc1cccc(C)c1CC(N)=S. The summed E-state index contributed by atoms with van der Waals surface area (Å²) in [7, 11) is 0. The second-order valence-corrected chi connectivity index (χ2v) is 3.54. The summed E-state index contributed by atoms with van der Waals surface area (Å²) < 4.78 is 0. The van der Waals surface area contributed by atoms with Crippen LogP contribution in [0.2, 0.25) is 0 Å². The third-order valence-corrected chi connectivity index (χ3v) is 2.14. The molecule has 12 heavy (non-hydrogen) atoms. The maximum Gasteiger partial charge on any atom is 0.0771 e. The highest BCUT2D eigenvalue weighted by Crippen LogP contribution is 2.13. The van der Waals surface area contributed by atoms with E-state index in [1.54, 1.807) is 0 Å². The molecule has 1 nitrogen and oxygen atoms in total. The van der Waals surface area contributed by atoms with Crippen molar-refractivity contribution in [3.05, 3.63) is 34.9 Å². The first-order chi connectivity index (χ1) is 5.61. The molecule has 0 aromatic heterocycles. The molecule has 0 atom stereocenters. The largest absolute Gasteiger partial charge is 0.393 e. The van der Waals surface area contributed by atoms with Crippen LogP contribution in [-0.4, -0.2) is 4.99 Å². The van der Waals surface area contributed by atoms with Crippen molar-refractivity contribution < 1.29 is 0 Å². The van der Waals surface area contributed by atoms with Gasteiger partial charge >= 0.3 is 0 Å². The summed E-state index contributed by atoms with van der Waals surface area (Å²) in [5.41, 5.74) is 9.30. The van der Waals surface area contributed by atoms with E-state index in [-0.39, 0.29) is 0 Å². The topological polar surface area (TPSA) is 26.0 Å². The average molecular weight is 179 g/mol. The Morgan fingerprint density at radius 1 is 1.33 bits per heavy atom. The number of thiocarbonyl (C=S) groups is 1. The minimum Gasteiger partial charge on any atom is -0.393 e. The maximum absolute atomic E-state index is 5.49. The van der Waals surface area contributed by atoms with Crippen LogP contribution in [-0.2, 0) is 6.42 Å². The Morgan fingerprint density at radius 3 is 2.25 bits per heavy atom. The minimum absolute atomic E-state index is 0.562. The van der Waals surface area contributed by atoms with Crippen LogP contribution in [0.1, 0.15) is 16.7 Å². The fourth-order valence-electron chi connectivity index (χ4n) is 1.30. The zero-order valence-corrected chi connectivity index (χ0v) is 8.24. The van der Waals surface area contributed by atoms with E-state index >= 15 is 0 Å². The highest BCUT2D eigenvalue weighted by Gasteiger charge is 2.02. The van der Waals surface area contributed by atoms with E-state index in [0.717, 1.165) is 0 Å². The number of hydrogen-bond acceptors (Lipinski definition) is 1. The zero-order chi connectivity index (χ0) is 9.14. The molecule has 0 aliphatic carbocycles. The molecular formula is C10H13NS. The smallest absolute Gasteiger partial charge is 0.0771 e. The van der Waals surface area contributed by atoms with E-state index in [9.17, 15) is 0 Å². The first kappa shape index (κ1) is 9.20. The molecule has 0 saturated heterocycles. The molecule has 0 aliphatic rings. The van der Waals surface area contributed by atoms with Crippen LogP contribution in [0.15, 0.2) is 18.2 Å². The lowest BCUT2D eigenvalue weighted by Gasteiger charge is -2.07. The van der Waals surface area contributed by atoms with Gasteiger partial charge in [-0.1, -0.05) is 30.4 Å². The van der Waals surface area contributed by atoms with Crippen LogP contribution in [0, 0.1) is 13.8 Å². The van der Waals surface area contributed by atoms with Crippen LogP contribution < -0.4 is 5.73 Å². The molecule has 0 unspecified atom stereocenters. The fourth-order valence-corrected chi connectivity index (χ4v) is 1.45. The van der Waals surface area contributed by atoms with Crippen LogP contribution >= 0.6 is 12.2 Å². The van der Waals surface area contributed by atoms with E-state index in [1.807, 2.05) is 6.07 Å². The molecule has 1 aromatic carbocycles. The van der Waals surface area contributed by atoms with Crippen LogP contribution in [0.25, 0.3) is 0 Å². The molecule has 0 bridgehead atoms. The highest BCUT2D eigenvalue weighted by molar-refractivity contribution is 7.80. The number of aryl methyl sites for hydroxylation is 2. The molecule has 1 rings (SSSR count). The normalized spacial score (nSPS) is 9.83. The van der Waals surface area contributed by atoms with Gasteiger partial charge in [0.1, 0.15) is 0 Å². The van der Waals surface area contributed by atoms with Crippen LogP contribution in [0.3, 0.4) is 0 Å². The molecular weight excluding hydrogens is 166 g/mol. The van der Waals surface area contributed by atoms with Gasteiger partial charge in [0.25, 0.3) is 0 Å². The molecule has 0 saturated carbocycles. The minimum atomic E-state index is 0.562. The summed E-state index contributed by atoms with van der Waals surface area (Å²) in [6.45, 7) is 4.17. The lowest BCUT2D eigenvalue weighted by molar-refractivity contribution is 1.20. The summed E-state index contributed by atoms with van der Waals surface area (Å²) >= 11 is 4.87. The van der Waals surface area contributed by atoms with Crippen molar-refractivity contribution in [3.8, 4) is 0 Å². The van der Waals surface area contributed by atoms with Crippen LogP contribution in [0.5, 0.6) is 0 Å². The molecule has 1 aromatic rings. The van der Waals surface area contributed by atoms with Crippen molar-refractivity contribution in [1.29, 1.82) is 0 Å². The Hall–Kier alpha value is -0.890. The molecule has 2 heteroatoms. The van der Waals surface area contributed by atoms with E-state index < -0.39 is 0 Å². The van der Waals surface area contributed by atoms with Crippen molar-refractivity contribution in [2.24, 2.45) is 5.73 Å². The Labute approximate surface area is 78.6 Å². The predicted octanol–water partition coefficient (Wildman–Crippen LogP) is 2.13. The number of benzene rings is 1. The maximum atomic E-state index is 5.49. The van der Waals surface area contributed by atoms with E-state index in [1.165, 1.54) is 16.7 Å². The third kappa shape index (κ3) is 2.05. The lowest BCUT2D eigenvalue weighted by atomic mass is 10.0.